The van der Waals surface area contributed by atoms with Gasteiger partial charge in [-0.05, 0) is 43.5 Å². The summed E-state index contributed by atoms with van der Waals surface area (Å²) in [6.45, 7) is 6.29. The molecule has 0 aliphatic rings. The van der Waals surface area contributed by atoms with Crippen molar-refractivity contribution in [2.45, 2.75) is 51.6 Å². The Hall–Kier alpha value is -1.68. The molecule has 2 N–H and O–H groups in total. The van der Waals surface area contributed by atoms with Crippen molar-refractivity contribution < 1.29 is 4.39 Å². The Morgan fingerprint density at radius 1 is 1.19 bits per heavy atom. The lowest BCUT2D eigenvalue weighted by atomic mass is 9.88. The first-order valence-corrected chi connectivity index (χ1v) is 7.55. The van der Waals surface area contributed by atoms with Gasteiger partial charge in [0.2, 0.25) is 0 Å². The van der Waals surface area contributed by atoms with Gasteiger partial charge >= 0.3 is 0 Å². The van der Waals surface area contributed by atoms with Crippen LogP contribution in [0.25, 0.3) is 0 Å². The third-order valence-electron chi connectivity index (χ3n) is 4.03. The molecular formula is C17H24FN3. The van der Waals surface area contributed by atoms with Gasteiger partial charge in [-0.15, -0.1) is 0 Å². The fourth-order valence-corrected chi connectivity index (χ4v) is 2.65. The Kier molecular flexibility index (Phi) is 4.78. The maximum Gasteiger partial charge on any atom is 0.123 e. The van der Waals surface area contributed by atoms with Gasteiger partial charge in [-0.1, -0.05) is 26.0 Å². The second kappa shape index (κ2) is 6.39. The second-order valence-corrected chi connectivity index (χ2v) is 5.86. The molecule has 0 aliphatic carbocycles. The minimum absolute atomic E-state index is 0.243. The normalized spacial score (nSPS) is 14.4. The summed E-state index contributed by atoms with van der Waals surface area (Å²) >= 11 is 0. The van der Waals surface area contributed by atoms with Crippen LogP contribution in [0.5, 0.6) is 0 Å². The second-order valence-electron chi connectivity index (χ2n) is 5.86. The highest BCUT2D eigenvalue weighted by atomic mass is 19.1. The van der Waals surface area contributed by atoms with Crippen molar-refractivity contribution in [1.82, 2.24) is 9.78 Å². The van der Waals surface area contributed by atoms with Crippen LogP contribution in [0, 0.1) is 5.82 Å². The van der Waals surface area contributed by atoms with Crippen LogP contribution in [-0.4, -0.2) is 9.78 Å². The molecule has 2 rings (SSSR count). The van der Waals surface area contributed by atoms with E-state index in [0.717, 1.165) is 24.1 Å². The van der Waals surface area contributed by atoms with Crippen LogP contribution >= 0.6 is 0 Å². The number of benzene rings is 1. The minimum atomic E-state index is -0.555. The lowest BCUT2D eigenvalue weighted by molar-refractivity contribution is 0.417. The molecule has 114 valence electrons. The van der Waals surface area contributed by atoms with Gasteiger partial charge in [0.25, 0.3) is 0 Å². The van der Waals surface area contributed by atoms with E-state index in [1.54, 1.807) is 12.1 Å². The molecule has 0 bridgehead atoms. The van der Waals surface area contributed by atoms with Gasteiger partial charge in [0, 0.05) is 18.2 Å². The van der Waals surface area contributed by atoms with Gasteiger partial charge in [-0.2, -0.15) is 5.10 Å². The summed E-state index contributed by atoms with van der Waals surface area (Å²) in [5.74, 6) is -0.243. The number of rotatable bonds is 6. The van der Waals surface area contributed by atoms with Crippen molar-refractivity contribution in [3.63, 3.8) is 0 Å². The van der Waals surface area contributed by atoms with Crippen LogP contribution in [0.15, 0.2) is 36.5 Å². The fourth-order valence-electron chi connectivity index (χ4n) is 2.65. The largest absolute Gasteiger partial charge is 0.321 e. The number of hydrogen-bond acceptors (Lipinski definition) is 2. The van der Waals surface area contributed by atoms with Crippen LogP contribution in [0.2, 0.25) is 0 Å². The lowest BCUT2D eigenvalue weighted by Gasteiger charge is -2.24. The summed E-state index contributed by atoms with van der Waals surface area (Å²) in [6, 6.07) is 8.84. The molecule has 0 fully saturated rings. The minimum Gasteiger partial charge on any atom is -0.321 e. The number of halogens is 1. The topological polar surface area (TPSA) is 43.8 Å². The van der Waals surface area contributed by atoms with E-state index < -0.39 is 5.54 Å². The van der Waals surface area contributed by atoms with Gasteiger partial charge in [0.15, 0.2) is 0 Å². The average molecular weight is 289 g/mol. The SMILES string of the molecule is CCC(CC)n1ccc(CC(C)(N)c2ccc(F)cc2)n1. The van der Waals surface area contributed by atoms with Gasteiger partial charge < -0.3 is 5.73 Å². The predicted molar refractivity (Wildman–Crippen MR) is 83.5 cm³/mol. The molecule has 0 spiro atoms. The summed E-state index contributed by atoms with van der Waals surface area (Å²) < 4.78 is 15.0. The van der Waals surface area contributed by atoms with E-state index >= 15 is 0 Å². The number of nitrogens with two attached hydrogens (primary N) is 1. The van der Waals surface area contributed by atoms with Crippen molar-refractivity contribution in [2.75, 3.05) is 0 Å². The Morgan fingerprint density at radius 2 is 1.81 bits per heavy atom. The maximum atomic E-state index is 13.0. The Morgan fingerprint density at radius 3 is 2.38 bits per heavy atom. The van der Waals surface area contributed by atoms with E-state index in [4.69, 9.17) is 5.73 Å². The molecule has 0 aliphatic heterocycles. The highest BCUT2D eigenvalue weighted by Crippen LogP contribution is 2.23. The molecule has 1 atom stereocenters. The highest BCUT2D eigenvalue weighted by molar-refractivity contribution is 5.25. The molecule has 21 heavy (non-hydrogen) atoms. The van der Waals surface area contributed by atoms with Crippen LogP contribution in [0.1, 0.15) is 50.9 Å². The van der Waals surface area contributed by atoms with Gasteiger partial charge in [0.05, 0.1) is 11.7 Å². The van der Waals surface area contributed by atoms with Crippen LogP contribution < -0.4 is 5.73 Å². The quantitative estimate of drug-likeness (QED) is 0.879. The molecule has 4 heteroatoms. The predicted octanol–water partition coefficient (Wildman–Crippen LogP) is 3.80. The van der Waals surface area contributed by atoms with Crippen molar-refractivity contribution in [2.24, 2.45) is 5.73 Å². The van der Waals surface area contributed by atoms with Crippen molar-refractivity contribution in [3.05, 3.63) is 53.6 Å². The first kappa shape index (κ1) is 15.7. The molecule has 0 amide bonds. The van der Waals surface area contributed by atoms with Crippen molar-refractivity contribution in [3.8, 4) is 0 Å². The van der Waals surface area contributed by atoms with Crippen molar-refractivity contribution in [1.29, 1.82) is 0 Å². The smallest absolute Gasteiger partial charge is 0.123 e. The molecule has 2 aromatic rings. The monoisotopic (exact) mass is 289 g/mol. The summed E-state index contributed by atoms with van der Waals surface area (Å²) in [4.78, 5) is 0. The van der Waals surface area contributed by atoms with E-state index in [2.05, 4.69) is 18.9 Å². The molecule has 1 aromatic carbocycles. The van der Waals surface area contributed by atoms with E-state index in [1.165, 1.54) is 12.1 Å². The third kappa shape index (κ3) is 3.70. The van der Waals surface area contributed by atoms with Crippen molar-refractivity contribution >= 4 is 0 Å². The van der Waals surface area contributed by atoms with Crippen LogP contribution in [0.3, 0.4) is 0 Å². The Bertz CT molecular complexity index is 568. The lowest BCUT2D eigenvalue weighted by Crippen LogP contribution is -2.35. The zero-order valence-corrected chi connectivity index (χ0v) is 13.0. The van der Waals surface area contributed by atoms with Crippen LogP contribution in [0.4, 0.5) is 4.39 Å². The Balaban J connectivity index is 2.15. The fraction of sp³-hybridized carbons (Fsp3) is 0.471. The molecule has 0 saturated heterocycles. The number of nitrogens with zero attached hydrogens (tertiary/aromatic N) is 2. The first-order chi connectivity index (χ1) is 9.96. The molecule has 1 heterocycles. The molecule has 1 unspecified atom stereocenters. The van der Waals surface area contributed by atoms with Gasteiger partial charge in [-0.25, -0.2) is 4.39 Å². The van der Waals surface area contributed by atoms with E-state index in [9.17, 15) is 4.39 Å². The Labute approximate surface area is 126 Å². The summed E-state index contributed by atoms with van der Waals surface area (Å²) in [6.07, 6.45) is 4.78. The summed E-state index contributed by atoms with van der Waals surface area (Å²) in [7, 11) is 0. The molecule has 3 nitrogen and oxygen atoms in total. The molecule has 1 aromatic heterocycles. The van der Waals surface area contributed by atoms with E-state index in [0.29, 0.717) is 12.5 Å². The van der Waals surface area contributed by atoms with Gasteiger partial charge in [0.1, 0.15) is 5.82 Å². The molecule has 0 saturated carbocycles. The maximum absolute atomic E-state index is 13.0. The van der Waals surface area contributed by atoms with Crippen LogP contribution in [-0.2, 0) is 12.0 Å². The summed E-state index contributed by atoms with van der Waals surface area (Å²) in [5, 5.41) is 4.64. The first-order valence-electron chi connectivity index (χ1n) is 7.55. The van der Waals surface area contributed by atoms with E-state index in [-0.39, 0.29) is 5.82 Å². The highest BCUT2D eigenvalue weighted by Gasteiger charge is 2.23. The molecule has 0 radical (unpaired) electrons. The van der Waals surface area contributed by atoms with E-state index in [1.807, 2.05) is 23.9 Å². The zero-order valence-electron chi connectivity index (χ0n) is 13.0. The average Bonchev–Trinajstić information content (AvgIpc) is 2.88. The van der Waals surface area contributed by atoms with Gasteiger partial charge in [-0.3, -0.25) is 4.68 Å². The molecular weight excluding hydrogens is 265 g/mol. The number of hydrogen-bond donors (Lipinski definition) is 1. The standard InChI is InChI=1S/C17H24FN3/c1-4-16(5-2)21-11-10-15(20-21)12-17(3,19)13-6-8-14(18)9-7-13/h6-11,16H,4-5,12,19H2,1-3H3. The zero-order chi connectivity index (χ0) is 15.5. The third-order valence-corrected chi connectivity index (χ3v) is 4.03. The number of aromatic nitrogens is 2. The summed E-state index contributed by atoms with van der Waals surface area (Å²) in [5.41, 5.74) is 7.73.